The second-order valence-electron chi connectivity index (χ2n) is 4.35. The highest BCUT2D eigenvalue weighted by molar-refractivity contribution is 9.10. The zero-order valence-corrected chi connectivity index (χ0v) is 12.0. The molecule has 0 spiro atoms. The van der Waals surface area contributed by atoms with Crippen molar-refractivity contribution in [1.82, 2.24) is 0 Å². The Bertz CT molecular complexity index is 567. The van der Waals surface area contributed by atoms with Crippen LogP contribution in [0.15, 0.2) is 32.0 Å². The molecule has 0 atom stereocenters. The normalized spacial score (nSPS) is 17.3. The van der Waals surface area contributed by atoms with E-state index in [0.717, 1.165) is 11.0 Å². The van der Waals surface area contributed by atoms with Crippen LogP contribution in [0, 0.1) is 5.92 Å². The lowest BCUT2D eigenvalue weighted by atomic mass is 10.2. The number of hydrogen-bond donors (Lipinski definition) is 0. The van der Waals surface area contributed by atoms with Crippen LogP contribution >= 0.6 is 15.9 Å². The van der Waals surface area contributed by atoms with Gasteiger partial charge in [0.15, 0.2) is 0 Å². The summed E-state index contributed by atoms with van der Waals surface area (Å²) in [7, 11) is -3.54. The molecule has 0 saturated heterocycles. The van der Waals surface area contributed by atoms with Crippen LogP contribution in [-0.2, 0) is 10.0 Å². The lowest BCUT2D eigenvalue weighted by molar-refractivity contribution is 0.595. The molecule has 17 heavy (non-hydrogen) atoms. The van der Waals surface area contributed by atoms with Crippen molar-refractivity contribution in [1.29, 1.82) is 0 Å². The number of sulfonamides is 1. The third-order valence-corrected chi connectivity index (χ3v) is 4.14. The SMILES string of the molecule is CC(C)CN1C=NS(=O)(=O)c2cc(Br)ccc21. The topological polar surface area (TPSA) is 49.7 Å². The van der Waals surface area contributed by atoms with Crippen molar-refractivity contribution in [3.05, 3.63) is 22.7 Å². The lowest BCUT2D eigenvalue weighted by Gasteiger charge is -2.26. The standard InChI is InChI=1S/C11H13BrN2O2S/c1-8(2)6-14-7-13-17(15,16)11-5-9(12)3-4-10(11)14/h3-5,7-8H,6H2,1-2H3. The molecule has 1 aliphatic rings. The second kappa shape index (κ2) is 4.42. The summed E-state index contributed by atoms with van der Waals surface area (Å²) in [4.78, 5) is 2.13. The van der Waals surface area contributed by atoms with Gasteiger partial charge in [-0.2, -0.15) is 8.42 Å². The maximum atomic E-state index is 11.8. The third-order valence-electron chi connectivity index (χ3n) is 2.40. The van der Waals surface area contributed by atoms with Crippen LogP contribution in [-0.4, -0.2) is 21.3 Å². The highest BCUT2D eigenvalue weighted by Gasteiger charge is 2.25. The van der Waals surface area contributed by atoms with E-state index in [4.69, 9.17) is 0 Å². The van der Waals surface area contributed by atoms with E-state index < -0.39 is 10.0 Å². The summed E-state index contributed by atoms with van der Waals surface area (Å²) in [5.74, 6) is 0.429. The number of halogens is 1. The summed E-state index contributed by atoms with van der Waals surface area (Å²) in [5.41, 5.74) is 0.692. The Morgan fingerprint density at radius 3 is 2.76 bits per heavy atom. The molecule has 4 nitrogen and oxygen atoms in total. The summed E-state index contributed by atoms with van der Waals surface area (Å²) in [6.45, 7) is 4.90. The molecule has 0 unspecified atom stereocenters. The number of nitrogens with zero attached hydrogens (tertiary/aromatic N) is 2. The number of benzene rings is 1. The van der Waals surface area contributed by atoms with Gasteiger partial charge >= 0.3 is 0 Å². The molecule has 1 aliphatic heterocycles. The summed E-state index contributed by atoms with van der Waals surface area (Å²) in [6, 6.07) is 5.22. The van der Waals surface area contributed by atoms with E-state index in [1.165, 1.54) is 6.34 Å². The molecule has 2 rings (SSSR count). The fourth-order valence-corrected chi connectivity index (χ4v) is 3.30. The first kappa shape index (κ1) is 12.6. The highest BCUT2D eigenvalue weighted by atomic mass is 79.9. The predicted octanol–water partition coefficient (Wildman–Crippen LogP) is 2.64. The number of hydrogen-bond acceptors (Lipinski definition) is 3. The van der Waals surface area contributed by atoms with Crippen molar-refractivity contribution < 1.29 is 8.42 Å². The van der Waals surface area contributed by atoms with Crippen LogP contribution < -0.4 is 4.90 Å². The van der Waals surface area contributed by atoms with Crippen LogP contribution in [0.4, 0.5) is 5.69 Å². The molecule has 0 N–H and O–H groups in total. The Kier molecular flexibility index (Phi) is 3.27. The minimum absolute atomic E-state index is 0.259. The second-order valence-corrected chi connectivity index (χ2v) is 6.87. The van der Waals surface area contributed by atoms with Crippen molar-refractivity contribution in [2.75, 3.05) is 11.4 Å². The van der Waals surface area contributed by atoms with Gasteiger partial charge in [-0.25, -0.2) is 0 Å². The highest BCUT2D eigenvalue weighted by Crippen LogP contribution is 2.32. The van der Waals surface area contributed by atoms with Crippen LogP contribution in [0.3, 0.4) is 0 Å². The zero-order valence-electron chi connectivity index (χ0n) is 9.59. The Balaban J connectivity index is 2.53. The van der Waals surface area contributed by atoms with Gasteiger partial charge < -0.3 is 4.90 Å². The molecular formula is C11H13BrN2O2S. The fourth-order valence-electron chi connectivity index (χ4n) is 1.71. The third kappa shape index (κ3) is 2.52. The van der Waals surface area contributed by atoms with Gasteiger partial charge in [0, 0.05) is 11.0 Å². The van der Waals surface area contributed by atoms with Gasteiger partial charge in [0.25, 0.3) is 10.0 Å². The maximum Gasteiger partial charge on any atom is 0.285 e. The van der Waals surface area contributed by atoms with Crippen LogP contribution in [0.2, 0.25) is 0 Å². The van der Waals surface area contributed by atoms with Crippen molar-refractivity contribution >= 4 is 38.0 Å². The first-order chi connectivity index (χ1) is 7.90. The molecule has 1 aromatic carbocycles. The molecule has 0 bridgehead atoms. The van der Waals surface area contributed by atoms with E-state index in [2.05, 4.69) is 34.2 Å². The van der Waals surface area contributed by atoms with Crippen molar-refractivity contribution in [3.8, 4) is 0 Å². The van der Waals surface area contributed by atoms with Crippen molar-refractivity contribution in [2.24, 2.45) is 10.3 Å². The van der Waals surface area contributed by atoms with Gasteiger partial charge in [-0.05, 0) is 24.1 Å². The zero-order chi connectivity index (χ0) is 12.6. The minimum Gasteiger partial charge on any atom is -0.330 e. The molecule has 6 heteroatoms. The van der Waals surface area contributed by atoms with E-state index in [-0.39, 0.29) is 4.90 Å². The van der Waals surface area contributed by atoms with Crippen molar-refractivity contribution in [3.63, 3.8) is 0 Å². The summed E-state index contributed by atoms with van der Waals surface area (Å²) in [5, 5.41) is 0. The lowest BCUT2D eigenvalue weighted by Crippen LogP contribution is -2.30. The molecule has 0 aliphatic carbocycles. The largest absolute Gasteiger partial charge is 0.330 e. The number of fused-ring (bicyclic) bond motifs is 1. The smallest absolute Gasteiger partial charge is 0.285 e. The van der Waals surface area contributed by atoms with Gasteiger partial charge in [-0.1, -0.05) is 29.8 Å². The molecule has 1 aromatic rings. The average Bonchev–Trinajstić information content (AvgIpc) is 2.22. The van der Waals surface area contributed by atoms with Crippen molar-refractivity contribution in [2.45, 2.75) is 18.7 Å². The predicted molar refractivity (Wildman–Crippen MR) is 72.0 cm³/mol. The van der Waals surface area contributed by atoms with Crippen LogP contribution in [0.1, 0.15) is 13.8 Å². The number of anilines is 1. The quantitative estimate of drug-likeness (QED) is 0.842. The number of rotatable bonds is 2. The van der Waals surface area contributed by atoms with Gasteiger partial charge in [0.2, 0.25) is 0 Å². The molecule has 92 valence electrons. The van der Waals surface area contributed by atoms with Crippen LogP contribution in [0.25, 0.3) is 0 Å². The monoisotopic (exact) mass is 316 g/mol. The summed E-state index contributed by atoms with van der Waals surface area (Å²) >= 11 is 3.28. The van der Waals surface area contributed by atoms with Gasteiger partial charge in [0.05, 0.1) is 5.69 Å². The molecule has 1 heterocycles. The summed E-state index contributed by atoms with van der Waals surface area (Å²) < 4.78 is 28.0. The van der Waals surface area contributed by atoms with Gasteiger partial charge in [-0.3, -0.25) is 0 Å². The van der Waals surface area contributed by atoms with E-state index in [9.17, 15) is 8.42 Å². The maximum absolute atomic E-state index is 11.8. The molecule has 0 radical (unpaired) electrons. The Labute approximate surface area is 110 Å². The fraction of sp³-hybridized carbons (Fsp3) is 0.364. The van der Waals surface area contributed by atoms with E-state index in [0.29, 0.717) is 11.6 Å². The van der Waals surface area contributed by atoms with Gasteiger partial charge in [-0.15, -0.1) is 4.40 Å². The van der Waals surface area contributed by atoms with E-state index >= 15 is 0 Å². The van der Waals surface area contributed by atoms with E-state index in [1.807, 2.05) is 11.0 Å². The Hall–Kier alpha value is -0.880. The first-order valence-corrected chi connectivity index (χ1v) is 7.50. The molecular weight excluding hydrogens is 304 g/mol. The molecule has 0 amide bonds. The Morgan fingerprint density at radius 1 is 1.41 bits per heavy atom. The first-order valence-electron chi connectivity index (χ1n) is 5.27. The molecule has 0 aromatic heterocycles. The van der Waals surface area contributed by atoms with E-state index in [1.54, 1.807) is 12.1 Å². The Morgan fingerprint density at radius 2 is 2.12 bits per heavy atom. The molecule has 0 fully saturated rings. The minimum atomic E-state index is -3.54. The summed E-state index contributed by atoms with van der Waals surface area (Å²) in [6.07, 6.45) is 1.39. The van der Waals surface area contributed by atoms with Gasteiger partial charge in [0.1, 0.15) is 11.2 Å². The average molecular weight is 317 g/mol. The molecule has 0 saturated carbocycles. The van der Waals surface area contributed by atoms with Crippen LogP contribution in [0.5, 0.6) is 0 Å².